The molecule has 0 unspecified atom stereocenters. The lowest BCUT2D eigenvalue weighted by molar-refractivity contribution is 0.643. The number of halogens is 2. The average molecular weight is 440 g/mol. The molecule has 5 rings (SSSR count). The van der Waals surface area contributed by atoms with E-state index in [1.807, 2.05) is 47.4 Å². The molecular weight excluding hydrogens is 421 g/mol. The Balaban J connectivity index is 1.37. The van der Waals surface area contributed by atoms with Gasteiger partial charge in [-0.3, -0.25) is 0 Å². The molecule has 0 radical (unpaired) electrons. The number of nitrogens with zero attached hydrogens (tertiary/aromatic N) is 7. The quantitative estimate of drug-likeness (QED) is 0.480. The fourth-order valence-corrected chi connectivity index (χ4v) is 4.22. The molecule has 9 heteroatoms. The third-order valence-corrected chi connectivity index (χ3v) is 5.89. The lowest BCUT2D eigenvalue weighted by Gasteiger charge is -2.36. The Hall–Kier alpha value is -2.90. The second-order valence-corrected chi connectivity index (χ2v) is 7.98. The van der Waals surface area contributed by atoms with Crippen molar-refractivity contribution in [1.29, 1.82) is 0 Å². The minimum atomic E-state index is 0.517. The van der Waals surface area contributed by atoms with E-state index in [2.05, 4.69) is 29.9 Å². The van der Waals surface area contributed by atoms with Gasteiger partial charge >= 0.3 is 0 Å². The normalized spacial score (nSPS) is 14.5. The molecule has 7 nitrogen and oxygen atoms in total. The van der Waals surface area contributed by atoms with Gasteiger partial charge in [0.05, 0.1) is 18.1 Å². The molecule has 0 saturated carbocycles. The maximum absolute atomic E-state index is 6.34. The van der Waals surface area contributed by atoms with Crippen LogP contribution in [0.15, 0.2) is 55.1 Å². The first-order valence-corrected chi connectivity index (χ1v) is 10.5. The molecule has 1 aromatic carbocycles. The fourth-order valence-electron chi connectivity index (χ4n) is 3.75. The van der Waals surface area contributed by atoms with Gasteiger partial charge < -0.3 is 9.80 Å². The molecule has 0 aliphatic carbocycles. The SMILES string of the molecule is Clc1ccc(Cn2ncc3c(N4CCN(c5ccccn5)CC4)ncnc32)c(Cl)c1. The summed E-state index contributed by atoms with van der Waals surface area (Å²) in [5.41, 5.74) is 1.73. The number of anilines is 2. The van der Waals surface area contributed by atoms with E-state index < -0.39 is 0 Å². The summed E-state index contributed by atoms with van der Waals surface area (Å²) in [6.45, 7) is 4.01. The predicted molar refractivity (Wildman–Crippen MR) is 120 cm³/mol. The lowest BCUT2D eigenvalue weighted by Crippen LogP contribution is -2.47. The van der Waals surface area contributed by atoms with Gasteiger partial charge in [0.2, 0.25) is 0 Å². The first-order chi connectivity index (χ1) is 14.7. The summed E-state index contributed by atoms with van der Waals surface area (Å²) in [7, 11) is 0. The average Bonchev–Trinajstić information content (AvgIpc) is 3.19. The van der Waals surface area contributed by atoms with Crippen LogP contribution in [-0.2, 0) is 6.54 Å². The molecule has 1 aliphatic rings. The van der Waals surface area contributed by atoms with Crippen molar-refractivity contribution in [2.24, 2.45) is 0 Å². The van der Waals surface area contributed by atoms with Gasteiger partial charge in [0, 0.05) is 42.4 Å². The summed E-state index contributed by atoms with van der Waals surface area (Å²) < 4.78 is 1.85. The molecule has 1 aliphatic heterocycles. The van der Waals surface area contributed by atoms with Crippen LogP contribution in [0.4, 0.5) is 11.6 Å². The Labute approximate surface area is 183 Å². The van der Waals surface area contributed by atoms with Gasteiger partial charge in [-0.1, -0.05) is 35.3 Å². The number of pyridine rings is 1. The highest BCUT2D eigenvalue weighted by atomic mass is 35.5. The number of benzene rings is 1. The minimum absolute atomic E-state index is 0.517. The van der Waals surface area contributed by atoms with E-state index in [4.69, 9.17) is 23.2 Å². The number of fused-ring (bicyclic) bond motifs is 1. The first kappa shape index (κ1) is 19.1. The zero-order valence-electron chi connectivity index (χ0n) is 16.1. The lowest BCUT2D eigenvalue weighted by atomic mass is 10.2. The summed E-state index contributed by atoms with van der Waals surface area (Å²) in [6, 6.07) is 11.5. The van der Waals surface area contributed by atoms with Crippen LogP contribution in [0.3, 0.4) is 0 Å². The van der Waals surface area contributed by atoms with Crippen molar-refractivity contribution < 1.29 is 0 Å². The van der Waals surface area contributed by atoms with Gasteiger partial charge in [-0.25, -0.2) is 19.6 Å². The van der Waals surface area contributed by atoms with Gasteiger partial charge in [-0.05, 0) is 29.8 Å². The molecule has 3 aromatic heterocycles. The van der Waals surface area contributed by atoms with E-state index in [1.165, 1.54) is 0 Å². The van der Waals surface area contributed by atoms with Crippen LogP contribution in [-0.4, -0.2) is 50.9 Å². The molecule has 1 fully saturated rings. The third kappa shape index (κ3) is 3.66. The standard InChI is InChI=1S/C21H19Cl2N7/c22-16-5-4-15(18(23)11-16)13-30-21-17(12-27-30)20(25-14-26-21)29-9-7-28(8-10-29)19-3-1-2-6-24-19/h1-6,11-12,14H,7-10,13H2. The predicted octanol–water partition coefficient (Wildman–Crippen LogP) is 3.90. The van der Waals surface area contributed by atoms with Crippen molar-refractivity contribution in [3.05, 3.63) is 70.7 Å². The molecule has 1 saturated heterocycles. The van der Waals surface area contributed by atoms with Crippen LogP contribution in [0.25, 0.3) is 11.0 Å². The van der Waals surface area contributed by atoms with E-state index in [0.717, 1.165) is 54.4 Å². The van der Waals surface area contributed by atoms with Crippen LogP contribution in [0, 0.1) is 0 Å². The van der Waals surface area contributed by atoms with Gasteiger partial charge in [0.25, 0.3) is 0 Å². The maximum Gasteiger partial charge on any atom is 0.163 e. The van der Waals surface area contributed by atoms with E-state index in [1.54, 1.807) is 12.4 Å². The molecule has 4 aromatic rings. The van der Waals surface area contributed by atoms with Gasteiger partial charge in [0.1, 0.15) is 18.0 Å². The summed E-state index contributed by atoms with van der Waals surface area (Å²) in [5.74, 6) is 1.92. The summed E-state index contributed by atoms with van der Waals surface area (Å²) in [4.78, 5) is 18.1. The second kappa shape index (κ2) is 8.08. The number of hydrogen-bond donors (Lipinski definition) is 0. The van der Waals surface area contributed by atoms with Crippen molar-refractivity contribution in [3.8, 4) is 0 Å². The summed E-state index contributed by atoms with van der Waals surface area (Å²) >= 11 is 12.3. The largest absolute Gasteiger partial charge is 0.353 e. The Morgan fingerprint density at radius 3 is 2.50 bits per heavy atom. The van der Waals surface area contributed by atoms with Crippen LogP contribution in [0.2, 0.25) is 10.0 Å². The van der Waals surface area contributed by atoms with Crippen molar-refractivity contribution in [3.63, 3.8) is 0 Å². The topological polar surface area (TPSA) is 63.0 Å². The Kier molecular flexibility index (Phi) is 5.14. The van der Waals surface area contributed by atoms with E-state index in [0.29, 0.717) is 16.6 Å². The summed E-state index contributed by atoms with van der Waals surface area (Å²) in [6.07, 6.45) is 5.26. The molecule has 0 N–H and O–H groups in total. The van der Waals surface area contributed by atoms with Crippen molar-refractivity contribution >= 4 is 45.9 Å². The monoisotopic (exact) mass is 439 g/mol. The van der Waals surface area contributed by atoms with E-state index >= 15 is 0 Å². The van der Waals surface area contributed by atoms with Crippen LogP contribution in [0.1, 0.15) is 5.56 Å². The molecule has 152 valence electrons. The molecule has 0 atom stereocenters. The molecule has 30 heavy (non-hydrogen) atoms. The van der Waals surface area contributed by atoms with Crippen molar-refractivity contribution in [1.82, 2.24) is 24.7 Å². The summed E-state index contributed by atoms with van der Waals surface area (Å²) in [5, 5.41) is 6.72. The molecule has 4 heterocycles. The molecule has 0 amide bonds. The molecule has 0 bridgehead atoms. The zero-order valence-corrected chi connectivity index (χ0v) is 17.6. The number of piperazine rings is 1. The van der Waals surface area contributed by atoms with Crippen molar-refractivity contribution in [2.75, 3.05) is 36.0 Å². The minimum Gasteiger partial charge on any atom is -0.353 e. The maximum atomic E-state index is 6.34. The van der Waals surface area contributed by atoms with Crippen LogP contribution in [0.5, 0.6) is 0 Å². The highest BCUT2D eigenvalue weighted by Crippen LogP contribution is 2.27. The van der Waals surface area contributed by atoms with Gasteiger partial charge in [-0.2, -0.15) is 5.10 Å². The van der Waals surface area contributed by atoms with Gasteiger partial charge in [-0.15, -0.1) is 0 Å². The van der Waals surface area contributed by atoms with Crippen molar-refractivity contribution in [2.45, 2.75) is 6.54 Å². The second-order valence-electron chi connectivity index (χ2n) is 7.13. The number of aromatic nitrogens is 5. The first-order valence-electron chi connectivity index (χ1n) is 9.70. The Morgan fingerprint density at radius 1 is 0.900 bits per heavy atom. The molecule has 0 spiro atoms. The Bertz CT molecular complexity index is 1170. The van der Waals surface area contributed by atoms with E-state index in [9.17, 15) is 0 Å². The number of hydrogen-bond acceptors (Lipinski definition) is 6. The van der Waals surface area contributed by atoms with Gasteiger partial charge in [0.15, 0.2) is 5.65 Å². The third-order valence-electron chi connectivity index (χ3n) is 5.30. The zero-order chi connectivity index (χ0) is 20.5. The molecular formula is C21H19Cl2N7. The highest BCUT2D eigenvalue weighted by Gasteiger charge is 2.22. The smallest absolute Gasteiger partial charge is 0.163 e. The van der Waals surface area contributed by atoms with E-state index in [-0.39, 0.29) is 0 Å². The highest BCUT2D eigenvalue weighted by molar-refractivity contribution is 6.35. The Morgan fingerprint density at radius 2 is 1.73 bits per heavy atom. The fraction of sp³-hybridized carbons (Fsp3) is 0.238. The van der Waals surface area contributed by atoms with Crippen LogP contribution >= 0.6 is 23.2 Å². The number of rotatable bonds is 4. The van der Waals surface area contributed by atoms with Crippen LogP contribution < -0.4 is 9.80 Å².